The van der Waals surface area contributed by atoms with Gasteiger partial charge in [0.05, 0.1) is 11.5 Å². The summed E-state index contributed by atoms with van der Waals surface area (Å²) in [6.45, 7) is 5.69. The summed E-state index contributed by atoms with van der Waals surface area (Å²) in [4.78, 5) is 16.8. The zero-order valence-electron chi connectivity index (χ0n) is 20.2. The number of aromatic nitrogens is 2. The summed E-state index contributed by atoms with van der Waals surface area (Å²) in [6, 6.07) is 13.9. The molecule has 2 aromatic heterocycles. The van der Waals surface area contributed by atoms with Gasteiger partial charge in [-0.15, -0.1) is 11.3 Å². The van der Waals surface area contributed by atoms with Crippen molar-refractivity contribution in [3.05, 3.63) is 52.7 Å². The first-order valence-electron chi connectivity index (χ1n) is 13.1. The molecule has 0 spiro atoms. The van der Waals surface area contributed by atoms with E-state index in [-0.39, 0.29) is 6.10 Å². The minimum absolute atomic E-state index is 0.218. The van der Waals surface area contributed by atoms with Crippen LogP contribution in [-0.4, -0.2) is 58.1 Å². The van der Waals surface area contributed by atoms with Gasteiger partial charge < -0.3 is 4.74 Å². The van der Waals surface area contributed by atoms with Gasteiger partial charge in [-0.25, -0.2) is 9.97 Å². The second-order valence-corrected chi connectivity index (χ2v) is 11.3. The van der Waals surface area contributed by atoms with Gasteiger partial charge in [0.2, 0.25) is 5.88 Å². The highest BCUT2D eigenvalue weighted by molar-refractivity contribution is 7.19. The van der Waals surface area contributed by atoms with Gasteiger partial charge in [-0.05, 0) is 55.6 Å². The first kappa shape index (κ1) is 22.9. The zero-order valence-corrected chi connectivity index (χ0v) is 21.1. The van der Waals surface area contributed by atoms with Crippen molar-refractivity contribution in [2.24, 2.45) is 0 Å². The van der Waals surface area contributed by atoms with Crippen LogP contribution in [0.2, 0.25) is 0 Å². The van der Waals surface area contributed by atoms with Gasteiger partial charge in [0.1, 0.15) is 17.3 Å². The van der Waals surface area contributed by atoms with Crippen molar-refractivity contribution in [3.63, 3.8) is 0 Å². The number of rotatable bonds is 6. The Morgan fingerprint density at radius 2 is 1.80 bits per heavy atom. The lowest BCUT2D eigenvalue weighted by atomic mass is 9.91. The van der Waals surface area contributed by atoms with Crippen LogP contribution in [0.5, 0.6) is 5.88 Å². The number of piperazine rings is 1. The zero-order chi connectivity index (χ0) is 23.6. The highest BCUT2D eigenvalue weighted by Crippen LogP contribution is 2.47. The van der Waals surface area contributed by atoms with Crippen molar-refractivity contribution in [1.82, 2.24) is 19.8 Å². The number of fused-ring (bicyclic) bond motifs is 3. The number of benzene rings is 1. The van der Waals surface area contributed by atoms with E-state index in [1.807, 2.05) is 0 Å². The number of nitrogens with zero attached hydrogens (tertiary/aromatic N) is 5. The molecule has 3 aromatic rings. The predicted molar refractivity (Wildman–Crippen MR) is 139 cm³/mol. The summed E-state index contributed by atoms with van der Waals surface area (Å²) in [7, 11) is 0. The molecule has 7 heteroatoms. The number of nitriles is 1. The summed E-state index contributed by atoms with van der Waals surface area (Å²) in [5, 5.41) is 10.4. The maximum atomic E-state index is 9.29. The van der Waals surface area contributed by atoms with Gasteiger partial charge in [0.25, 0.3) is 0 Å². The van der Waals surface area contributed by atoms with Gasteiger partial charge in [0, 0.05) is 50.1 Å². The molecular weight excluding hydrogens is 454 g/mol. The second kappa shape index (κ2) is 10.2. The van der Waals surface area contributed by atoms with Crippen molar-refractivity contribution < 1.29 is 4.74 Å². The molecule has 0 radical (unpaired) electrons. The summed E-state index contributed by atoms with van der Waals surface area (Å²) < 4.78 is 6.54. The molecule has 0 amide bonds. The topological polar surface area (TPSA) is 65.3 Å². The lowest BCUT2D eigenvalue weighted by Gasteiger charge is -2.42. The molecule has 6 rings (SSSR count). The maximum Gasteiger partial charge on any atom is 0.225 e. The summed E-state index contributed by atoms with van der Waals surface area (Å²) in [5.74, 6) is 1.05. The molecule has 0 unspecified atom stereocenters. The summed E-state index contributed by atoms with van der Waals surface area (Å²) in [6.07, 6.45) is 9.07. The second-order valence-electron chi connectivity index (χ2n) is 10.2. The number of ether oxygens (including phenoxy) is 1. The molecule has 1 saturated heterocycles. The number of thiophene rings is 1. The average molecular weight is 488 g/mol. The van der Waals surface area contributed by atoms with Crippen LogP contribution in [0.3, 0.4) is 0 Å². The van der Waals surface area contributed by atoms with Crippen molar-refractivity contribution >= 4 is 21.6 Å². The third-order valence-electron chi connectivity index (χ3n) is 8.13. The van der Waals surface area contributed by atoms with E-state index in [1.165, 1.54) is 28.8 Å². The quantitative estimate of drug-likeness (QED) is 0.480. The van der Waals surface area contributed by atoms with Crippen molar-refractivity contribution in [2.45, 2.75) is 69.6 Å². The van der Waals surface area contributed by atoms with E-state index in [9.17, 15) is 5.26 Å². The third-order valence-corrected chi connectivity index (χ3v) is 9.30. The van der Waals surface area contributed by atoms with Crippen molar-refractivity contribution in [2.75, 3.05) is 26.2 Å². The van der Waals surface area contributed by atoms with Crippen LogP contribution in [0.25, 0.3) is 10.2 Å². The molecule has 3 aliphatic rings. The van der Waals surface area contributed by atoms with E-state index in [0.717, 1.165) is 74.5 Å². The fourth-order valence-corrected chi connectivity index (χ4v) is 7.49. The van der Waals surface area contributed by atoms with Crippen molar-refractivity contribution in [3.8, 4) is 11.9 Å². The Labute approximate surface area is 211 Å². The Kier molecular flexibility index (Phi) is 6.69. The standard InChI is InChI=1S/C28H33N5OS/c29-13-12-21-6-11-24-25(21)26-27(30-19-31-28(26)35-24)34-23-9-7-22(8-10-23)33-16-14-32(15-17-33)18-20-4-2-1-3-5-20/h1-5,19,21-23H,6-12,14-18H2/t21-,22-,23-/m1/s1. The van der Waals surface area contributed by atoms with Crippen LogP contribution >= 0.6 is 11.3 Å². The Balaban J connectivity index is 1.05. The fraction of sp³-hybridized carbons (Fsp3) is 0.536. The molecule has 1 aliphatic heterocycles. The van der Waals surface area contributed by atoms with Crippen LogP contribution < -0.4 is 4.74 Å². The minimum atomic E-state index is 0.218. The molecule has 2 aliphatic carbocycles. The highest BCUT2D eigenvalue weighted by atomic mass is 32.1. The maximum absolute atomic E-state index is 9.29. The Hall–Kier alpha value is -2.53. The molecule has 3 heterocycles. The van der Waals surface area contributed by atoms with Crippen LogP contribution in [-0.2, 0) is 13.0 Å². The highest BCUT2D eigenvalue weighted by Gasteiger charge is 2.32. The number of hydrogen-bond acceptors (Lipinski definition) is 7. The van der Waals surface area contributed by atoms with Crippen LogP contribution in [0.1, 0.15) is 60.4 Å². The molecule has 35 heavy (non-hydrogen) atoms. The van der Waals surface area contributed by atoms with Crippen LogP contribution in [0.4, 0.5) is 0 Å². The monoisotopic (exact) mass is 487 g/mol. The van der Waals surface area contributed by atoms with Crippen LogP contribution in [0, 0.1) is 11.3 Å². The van der Waals surface area contributed by atoms with E-state index < -0.39 is 0 Å². The molecular formula is C28H33N5OS. The van der Waals surface area contributed by atoms with Gasteiger partial charge >= 0.3 is 0 Å². The SMILES string of the molecule is N#CC[C@H]1CCc2sc3ncnc(O[C@H]4CC[C@H](N5CCN(Cc6ccccc6)CC5)CC4)c3c21. The average Bonchev–Trinajstić information content (AvgIpc) is 3.46. The van der Waals surface area contributed by atoms with E-state index in [4.69, 9.17) is 4.74 Å². The molecule has 1 saturated carbocycles. The lowest BCUT2D eigenvalue weighted by molar-refractivity contribution is 0.0487. The Bertz CT molecular complexity index is 1190. The van der Waals surface area contributed by atoms with Crippen LogP contribution in [0.15, 0.2) is 36.7 Å². The normalized spacial score (nSPS) is 25.4. The smallest absolute Gasteiger partial charge is 0.225 e. The van der Waals surface area contributed by atoms with Gasteiger partial charge in [-0.1, -0.05) is 30.3 Å². The largest absolute Gasteiger partial charge is 0.474 e. The van der Waals surface area contributed by atoms with Gasteiger partial charge in [-0.2, -0.15) is 5.26 Å². The number of hydrogen-bond donors (Lipinski definition) is 0. The van der Waals surface area contributed by atoms with Gasteiger partial charge in [0.15, 0.2) is 0 Å². The predicted octanol–water partition coefficient (Wildman–Crippen LogP) is 5.14. The van der Waals surface area contributed by atoms with E-state index in [1.54, 1.807) is 17.7 Å². The summed E-state index contributed by atoms with van der Waals surface area (Å²) >= 11 is 1.76. The Morgan fingerprint density at radius 1 is 1.00 bits per heavy atom. The molecule has 6 nitrogen and oxygen atoms in total. The molecule has 0 bridgehead atoms. The summed E-state index contributed by atoms with van der Waals surface area (Å²) in [5.41, 5.74) is 2.71. The molecule has 1 atom stereocenters. The third kappa shape index (κ3) is 4.80. The molecule has 0 N–H and O–H groups in total. The van der Waals surface area contributed by atoms with Gasteiger partial charge in [-0.3, -0.25) is 9.80 Å². The molecule has 2 fully saturated rings. The van der Waals surface area contributed by atoms with E-state index in [2.05, 4.69) is 56.2 Å². The molecule has 1 aromatic carbocycles. The first-order chi connectivity index (χ1) is 17.3. The Morgan fingerprint density at radius 3 is 2.57 bits per heavy atom. The minimum Gasteiger partial charge on any atom is -0.474 e. The fourth-order valence-electron chi connectivity index (χ4n) is 6.26. The van der Waals surface area contributed by atoms with E-state index >= 15 is 0 Å². The first-order valence-corrected chi connectivity index (χ1v) is 13.9. The number of aryl methyl sites for hydroxylation is 1. The lowest BCUT2D eigenvalue weighted by Crippen LogP contribution is -2.51. The molecule has 182 valence electrons. The van der Waals surface area contributed by atoms with E-state index in [0.29, 0.717) is 18.4 Å². The van der Waals surface area contributed by atoms with Crippen molar-refractivity contribution in [1.29, 1.82) is 5.26 Å².